The number of amides is 2. The van der Waals surface area contributed by atoms with E-state index < -0.39 is 0 Å². The highest BCUT2D eigenvalue weighted by Gasteiger charge is 2.31. The van der Waals surface area contributed by atoms with E-state index in [4.69, 9.17) is 9.84 Å². The van der Waals surface area contributed by atoms with Gasteiger partial charge in [-0.3, -0.25) is 19.6 Å². The lowest BCUT2D eigenvalue weighted by Gasteiger charge is -2.27. The molecular formula is C31H38N6O3. The third-order valence-corrected chi connectivity index (χ3v) is 7.46. The third-order valence-electron chi connectivity index (χ3n) is 7.46. The molecule has 2 aliphatic heterocycles. The van der Waals surface area contributed by atoms with Crippen LogP contribution in [0.4, 0.5) is 5.95 Å². The number of nitrogens with zero attached hydrogens (tertiary/aromatic N) is 5. The Morgan fingerprint density at radius 3 is 2.58 bits per heavy atom. The number of ether oxygens (including phenoxy) is 1. The van der Waals surface area contributed by atoms with Crippen molar-refractivity contribution in [3.8, 4) is 22.5 Å². The van der Waals surface area contributed by atoms with E-state index in [2.05, 4.69) is 15.0 Å². The Balaban J connectivity index is 0.00000126. The van der Waals surface area contributed by atoms with Crippen LogP contribution in [0.3, 0.4) is 0 Å². The van der Waals surface area contributed by atoms with Crippen molar-refractivity contribution < 1.29 is 15.8 Å². The van der Waals surface area contributed by atoms with Crippen molar-refractivity contribution in [1.82, 2.24) is 24.2 Å². The van der Waals surface area contributed by atoms with Gasteiger partial charge in [-0.05, 0) is 24.1 Å². The highest BCUT2D eigenvalue weighted by molar-refractivity contribution is 6.04. The number of nitrogens with one attached hydrogen (secondary N) is 1. The van der Waals surface area contributed by atoms with Crippen LogP contribution < -0.4 is 5.32 Å². The SMILES string of the molecule is CC.CC(=O)N1CCc2c(c(-c3cccc(C(=O)Nc4ncc(-c5ccccc5)n4C)c3)nn2C2CCOC2)C1.[HH]. The summed E-state index contributed by atoms with van der Waals surface area (Å²) in [5, 5.41) is 7.97. The monoisotopic (exact) mass is 542 g/mol. The summed E-state index contributed by atoms with van der Waals surface area (Å²) in [4.78, 5) is 31.7. The molecule has 1 saturated heterocycles. The number of hydrogen-bond donors (Lipinski definition) is 1. The van der Waals surface area contributed by atoms with Crippen molar-refractivity contribution in [3.63, 3.8) is 0 Å². The minimum atomic E-state index is -0.247. The number of hydrogen-bond acceptors (Lipinski definition) is 5. The minimum Gasteiger partial charge on any atom is -0.379 e. The Morgan fingerprint density at radius 2 is 1.85 bits per heavy atom. The molecule has 1 fully saturated rings. The zero-order valence-electron chi connectivity index (χ0n) is 23.6. The van der Waals surface area contributed by atoms with Crippen LogP contribution >= 0.6 is 0 Å². The van der Waals surface area contributed by atoms with Crippen LogP contribution in [0.25, 0.3) is 22.5 Å². The van der Waals surface area contributed by atoms with Crippen molar-refractivity contribution in [2.45, 2.75) is 46.2 Å². The van der Waals surface area contributed by atoms with Gasteiger partial charge in [0, 0.05) is 63.9 Å². The molecule has 210 valence electrons. The van der Waals surface area contributed by atoms with E-state index in [9.17, 15) is 9.59 Å². The molecule has 1 unspecified atom stereocenters. The Kier molecular flexibility index (Phi) is 8.11. The maximum absolute atomic E-state index is 13.3. The number of carbonyl (C=O) groups excluding carboxylic acids is 2. The number of rotatable bonds is 5. The molecule has 4 heterocycles. The predicted octanol–water partition coefficient (Wildman–Crippen LogP) is 5.34. The molecule has 0 saturated carbocycles. The first kappa shape index (κ1) is 27.3. The zero-order valence-corrected chi connectivity index (χ0v) is 23.6. The van der Waals surface area contributed by atoms with E-state index in [1.165, 1.54) is 0 Å². The molecule has 9 nitrogen and oxygen atoms in total. The van der Waals surface area contributed by atoms with E-state index in [0.29, 0.717) is 31.2 Å². The van der Waals surface area contributed by atoms with Crippen LogP contribution in [0, 0.1) is 0 Å². The summed E-state index contributed by atoms with van der Waals surface area (Å²) in [7, 11) is 1.88. The molecule has 2 aromatic carbocycles. The van der Waals surface area contributed by atoms with E-state index in [1.807, 2.05) is 78.9 Å². The Bertz CT molecular complexity index is 1510. The summed E-state index contributed by atoms with van der Waals surface area (Å²) in [5.74, 6) is 0.277. The van der Waals surface area contributed by atoms with E-state index in [1.54, 1.807) is 19.2 Å². The van der Waals surface area contributed by atoms with Crippen molar-refractivity contribution in [2.24, 2.45) is 7.05 Å². The standard InChI is InChI=1S/C29H30N6O3.C2H6.H2/c1-19(36)34-13-11-25-24(17-34)27(32-35(25)23-12-14-38-18-23)21-9-6-10-22(15-21)28(37)31-29-30-16-26(33(29)2)20-7-4-3-5-8-20;1-2;/h3-10,15-16,23H,11-14,17-18H2,1-2H3,(H,30,31,37);1-2H3;1H. The van der Waals surface area contributed by atoms with Gasteiger partial charge in [-0.1, -0.05) is 56.3 Å². The van der Waals surface area contributed by atoms with Crippen LogP contribution in [-0.2, 0) is 29.5 Å². The van der Waals surface area contributed by atoms with Crippen molar-refractivity contribution >= 4 is 17.8 Å². The molecule has 9 heteroatoms. The molecule has 6 rings (SSSR count). The first-order valence-corrected chi connectivity index (χ1v) is 13.9. The fraction of sp³-hybridized carbons (Fsp3) is 0.355. The summed E-state index contributed by atoms with van der Waals surface area (Å²) < 4.78 is 9.61. The Hall–Kier alpha value is -4.24. The number of imidazole rings is 1. The summed E-state index contributed by atoms with van der Waals surface area (Å²) in [6, 6.07) is 17.6. The quantitative estimate of drug-likeness (QED) is 0.367. The number of benzene rings is 2. The van der Waals surface area contributed by atoms with E-state index in [0.717, 1.165) is 53.2 Å². The molecule has 40 heavy (non-hydrogen) atoms. The van der Waals surface area contributed by atoms with Crippen LogP contribution in [0.1, 0.15) is 56.3 Å². The molecule has 1 atom stereocenters. The van der Waals surface area contributed by atoms with Crippen molar-refractivity contribution in [1.29, 1.82) is 0 Å². The van der Waals surface area contributed by atoms with Gasteiger partial charge in [0.25, 0.3) is 5.91 Å². The normalized spacial score (nSPS) is 16.2. The molecule has 2 aromatic heterocycles. The lowest BCUT2D eigenvalue weighted by molar-refractivity contribution is -0.129. The molecule has 0 aliphatic carbocycles. The summed E-state index contributed by atoms with van der Waals surface area (Å²) in [6.07, 6.45) is 3.43. The van der Waals surface area contributed by atoms with Gasteiger partial charge >= 0.3 is 0 Å². The number of aromatic nitrogens is 4. The second-order valence-corrected chi connectivity index (χ2v) is 9.85. The molecule has 2 aliphatic rings. The molecule has 0 bridgehead atoms. The average molecular weight is 543 g/mol. The molecule has 2 amide bonds. The number of fused-ring (bicyclic) bond motifs is 1. The fourth-order valence-electron chi connectivity index (χ4n) is 5.35. The minimum absolute atomic E-state index is 0. The Morgan fingerprint density at radius 1 is 1.07 bits per heavy atom. The highest BCUT2D eigenvalue weighted by atomic mass is 16.5. The second kappa shape index (κ2) is 11.9. The molecule has 0 radical (unpaired) electrons. The summed E-state index contributed by atoms with van der Waals surface area (Å²) in [6.45, 7) is 8.16. The largest absolute Gasteiger partial charge is 0.379 e. The van der Waals surface area contributed by atoms with Gasteiger partial charge in [-0.2, -0.15) is 5.10 Å². The Labute approximate surface area is 236 Å². The van der Waals surface area contributed by atoms with E-state index >= 15 is 0 Å². The van der Waals surface area contributed by atoms with Gasteiger partial charge in [0.15, 0.2) is 0 Å². The first-order chi connectivity index (χ1) is 19.5. The maximum atomic E-state index is 13.3. The molecule has 4 aromatic rings. The van der Waals surface area contributed by atoms with E-state index in [-0.39, 0.29) is 19.3 Å². The summed E-state index contributed by atoms with van der Waals surface area (Å²) in [5.41, 5.74) is 6.32. The van der Waals surface area contributed by atoms with Gasteiger partial charge in [0.05, 0.1) is 30.2 Å². The predicted molar refractivity (Wildman–Crippen MR) is 157 cm³/mol. The van der Waals surface area contributed by atoms with Crippen LogP contribution in [0.2, 0.25) is 0 Å². The molecular weight excluding hydrogens is 504 g/mol. The molecule has 1 N–H and O–H groups in total. The maximum Gasteiger partial charge on any atom is 0.257 e. The highest BCUT2D eigenvalue weighted by Crippen LogP contribution is 2.34. The lowest BCUT2D eigenvalue weighted by atomic mass is 9.99. The van der Waals surface area contributed by atoms with Gasteiger partial charge in [-0.25, -0.2) is 4.98 Å². The zero-order chi connectivity index (χ0) is 28.2. The van der Waals surface area contributed by atoms with Gasteiger partial charge < -0.3 is 14.2 Å². The second-order valence-electron chi connectivity index (χ2n) is 9.85. The third kappa shape index (κ3) is 5.29. The van der Waals surface area contributed by atoms with Gasteiger partial charge in [0.1, 0.15) is 0 Å². The van der Waals surface area contributed by atoms with Crippen molar-refractivity contribution in [2.75, 3.05) is 25.1 Å². The fourth-order valence-corrected chi connectivity index (χ4v) is 5.35. The topological polar surface area (TPSA) is 94.3 Å². The van der Waals surface area contributed by atoms with Gasteiger partial charge in [0.2, 0.25) is 11.9 Å². The number of anilines is 1. The number of carbonyl (C=O) groups is 2. The first-order valence-electron chi connectivity index (χ1n) is 13.9. The summed E-state index contributed by atoms with van der Waals surface area (Å²) >= 11 is 0. The lowest BCUT2D eigenvalue weighted by Crippen LogP contribution is -2.35. The van der Waals surface area contributed by atoms with Crippen LogP contribution in [-0.4, -0.2) is 55.8 Å². The van der Waals surface area contributed by atoms with Crippen LogP contribution in [0.15, 0.2) is 60.8 Å². The van der Waals surface area contributed by atoms with Crippen LogP contribution in [0.5, 0.6) is 0 Å². The average Bonchev–Trinajstić information content (AvgIpc) is 3.74. The molecule has 0 spiro atoms. The van der Waals surface area contributed by atoms with Gasteiger partial charge in [-0.15, -0.1) is 0 Å². The van der Waals surface area contributed by atoms with Crippen molar-refractivity contribution in [3.05, 3.63) is 77.6 Å². The smallest absolute Gasteiger partial charge is 0.257 e.